The molecule has 0 heterocycles. The van der Waals surface area contributed by atoms with Crippen molar-refractivity contribution in [1.82, 2.24) is 0 Å². The summed E-state index contributed by atoms with van der Waals surface area (Å²) in [5.41, 5.74) is 0. The molecule has 0 radical (unpaired) electrons. The number of rotatable bonds is 0. The van der Waals surface area contributed by atoms with E-state index >= 15 is 0 Å². The topological polar surface area (TPSA) is 0 Å². The van der Waals surface area contributed by atoms with Crippen molar-refractivity contribution >= 4 is 0 Å². The molecule has 4 heteroatoms. The van der Waals surface area contributed by atoms with E-state index in [9.17, 15) is 13.2 Å². The van der Waals surface area contributed by atoms with Gasteiger partial charge in [0.2, 0.25) is 0 Å². The first kappa shape index (κ1) is 29.2. The first-order valence-electron chi connectivity index (χ1n) is 2.28. The SMILES string of the molecule is F[C-](F)F.[C-]1=CC=CC1.[CH3-].[CH3-].[CH3-].[Zr]. The smallest absolute Gasteiger partial charge is 0.154 e. The number of allylic oxidation sites excluding steroid dienone is 4. The van der Waals surface area contributed by atoms with Gasteiger partial charge in [-0.1, -0.05) is 0 Å². The number of hydrogen-bond acceptors (Lipinski definition) is 0. The summed E-state index contributed by atoms with van der Waals surface area (Å²) >= 11 is 0. The van der Waals surface area contributed by atoms with Crippen LogP contribution in [0.2, 0.25) is 0 Å². The maximum atomic E-state index is 9.58. The third-order valence-electron chi connectivity index (χ3n) is 0.586. The molecule has 80 valence electrons. The molecule has 13 heavy (non-hydrogen) atoms. The van der Waals surface area contributed by atoms with E-state index in [1.54, 1.807) is 0 Å². The molecule has 1 rings (SSSR count). The van der Waals surface area contributed by atoms with Crippen LogP contribution in [0, 0.1) is 35.0 Å². The van der Waals surface area contributed by atoms with E-state index in [2.05, 4.69) is 12.2 Å². The van der Waals surface area contributed by atoms with Crippen molar-refractivity contribution in [3.05, 3.63) is 53.3 Å². The van der Waals surface area contributed by atoms with Gasteiger partial charge in [0.1, 0.15) is 0 Å². The summed E-state index contributed by atoms with van der Waals surface area (Å²) in [6, 6.07) is 0. The zero-order chi connectivity index (χ0) is 7.11. The summed E-state index contributed by atoms with van der Waals surface area (Å²) in [6.07, 6.45) is 10.0. The molecule has 0 fully saturated rings. The van der Waals surface area contributed by atoms with Crippen molar-refractivity contribution in [3.63, 3.8) is 0 Å². The van der Waals surface area contributed by atoms with Crippen LogP contribution in [-0.4, -0.2) is 0 Å². The molecule has 0 amide bonds. The van der Waals surface area contributed by atoms with Gasteiger partial charge in [-0.3, -0.25) is 6.08 Å². The maximum Gasteiger partial charge on any atom is 0.154 e. The van der Waals surface area contributed by atoms with Crippen LogP contribution >= 0.6 is 0 Å². The second-order valence-corrected chi connectivity index (χ2v) is 1.22. The number of hydrogen-bond donors (Lipinski definition) is 0. The Hall–Kier alpha value is 0.153. The molecule has 0 atom stereocenters. The van der Waals surface area contributed by atoms with Crippen LogP contribution < -0.4 is 0 Å². The van der Waals surface area contributed by atoms with Gasteiger partial charge in [0.15, 0.2) is 6.68 Å². The van der Waals surface area contributed by atoms with Crippen LogP contribution in [0.4, 0.5) is 13.2 Å². The van der Waals surface area contributed by atoms with Crippen molar-refractivity contribution in [2.45, 2.75) is 6.42 Å². The fourth-order valence-corrected chi connectivity index (χ4v) is 0.340. The normalized spacial score (nSPS) is 9.54. The van der Waals surface area contributed by atoms with E-state index in [-0.39, 0.29) is 48.5 Å². The Labute approximate surface area is 99.0 Å². The quantitative estimate of drug-likeness (QED) is 0.584. The molecule has 0 saturated carbocycles. The standard InChI is InChI=1S/C5H5.CF3.3CH3.Zr/c1-2-4-5-3-1;2-1(3)4;;;;/h1-3H,4H2;;3*1H3;/q5*-1;. The van der Waals surface area contributed by atoms with E-state index in [0.717, 1.165) is 6.42 Å². The van der Waals surface area contributed by atoms with Gasteiger partial charge < -0.3 is 35.5 Å². The Morgan fingerprint density at radius 3 is 1.54 bits per heavy atom. The fourth-order valence-electron chi connectivity index (χ4n) is 0.340. The minimum Gasteiger partial charge on any atom is -0.385 e. The molecule has 0 aromatic rings. The zero-order valence-electron chi connectivity index (χ0n) is 8.07. The Balaban J connectivity index is -0.0000000256. The first-order valence-corrected chi connectivity index (χ1v) is 2.28. The molecule has 0 saturated heterocycles. The summed E-state index contributed by atoms with van der Waals surface area (Å²) in [4.78, 5) is 0. The van der Waals surface area contributed by atoms with Crippen LogP contribution in [-0.2, 0) is 26.2 Å². The molecule has 0 aliphatic heterocycles. The summed E-state index contributed by atoms with van der Waals surface area (Å²) < 4.78 is 28.8. The zero-order valence-corrected chi connectivity index (χ0v) is 10.5. The van der Waals surface area contributed by atoms with Gasteiger partial charge in [-0.25, -0.2) is 12.2 Å². The summed E-state index contributed by atoms with van der Waals surface area (Å²) in [7, 11) is 0. The van der Waals surface area contributed by atoms with E-state index in [1.165, 1.54) is 0 Å². The van der Waals surface area contributed by atoms with Crippen molar-refractivity contribution in [2.24, 2.45) is 0 Å². The molecule has 0 aromatic carbocycles. The molecule has 1 aliphatic carbocycles. The Morgan fingerprint density at radius 1 is 1.08 bits per heavy atom. The molecule has 0 nitrogen and oxygen atoms in total. The van der Waals surface area contributed by atoms with Gasteiger partial charge in [-0.2, -0.15) is 6.08 Å². The van der Waals surface area contributed by atoms with Crippen LogP contribution in [0.3, 0.4) is 0 Å². The Morgan fingerprint density at radius 2 is 1.46 bits per heavy atom. The first-order chi connectivity index (χ1) is 4.23. The summed E-state index contributed by atoms with van der Waals surface area (Å²) in [5, 5.41) is 0. The average molecular weight is 270 g/mol. The van der Waals surface area contributed by atoms with Gasteiger partial charge >= 0.3 is 0 Å². The van der Waals surface area contributed by atoms with Gasteiger partial charge in [0, 0.05) is 26.2 Å². The molecule has 0 spiro atoms. The van der Waals surface area contributed by atoms with Crippen LogP contribution in [0.1, 0.15) is 6.42 Å². The minimum absolute atomic E-state index is 0. The molecular formula is C9H14F3Zr-5. The third-order valence-corrected chi connectivity index (χ3v) is 0.586. The molecule has 0 N–H and O–H groups in total. The minimum atomic E-state index is -3.08. The number of halogens is 3. The largest absolute Gasteiger partial charge is 0.385 e. The van der Waals surface area contributed by atoms with E-state index in [1.807, 2.05) is 12.2 Å². The third kappa shape index (κ3) is 47.2. The molecule has 0 bridgehead atoms. The van der Waals surface area contributed by atoms with Crippen molar-refractivity contribution < 1.29 is 39.4 Å². The van der Waals surface area contributed by atoms with Gasteiger partial charge in [0.05, 0.1) is 0 Å². The van der Waals surface area contributed by atoms with Crippen LogP contribution in [0.15, 0.2) is 18.2 Å². The Kier molecular flexibility index (Phi) is 51.1. The predicted molar refractivity (Wildman–Crippen MR) is 47.4 cm³/mol. The second-order valence-electron chi connectivity index (χ2n) is 1.22. The van der Waals surface area contributed by atoms with Gasteiger partial charge in [0.25, 0.3) is 0 Å². The Bertz CT molecular complexity index is 98.7. The summed E-state index contributed by atoms with van der Waals surface area (Å²) in [5.74, 6) is 0. The van der Waals surface area contributed by atoms with E-state index in [4.69, 9.17) is 0 Å². The second kappa shape index (κ2) is 22.7. The fraction of sp³-hybridized carbons (Fsp3) is 0.111. The van der Waals surface area contributed by atoms with Crippen molar-refractivity contribution in [3.8, 4) is 0 Å². The molecule has 1 aliphatic rings. The van der Waals surface area contributed by atoms with Crippen molar-refractivity contribution in [1.29, 1.82) is 0 Å². The van der Waals surface area contributed by atoms with Gasteiger partial charge in [-0.15, -0.1) is 6.42 Å². The van der Waals surface area contributed by atoms with Crippen LogP contribution in [0.25, 0.3) is 0 Å². The maximum absolute atomic E-state index is 9.58. The van der Waals surface area contributed by atoms with E-state index < -0.39 is 6.68 Å². The van der Waals surface area contributed by atoms with E-state index in [0.29, 0.717) is 0 Å². The summed E-state index contributed by atoms with van der Waals surface area (Å²) in [6.45, 7) is -3.08. The van der Waals surface area contributed by atoms with Crippen LogP contribution in [0.5, 0.6) is 0 Å². The monoisotopic (exact) mass is 269 g/mol. The van der Waals surface area contributed by atoms with Crippen molar-refractivity contribution in [2.75, 3.05) is 0 Å². The van der Waals surface area contributed by atoms with Gasteiger partial charge in [-0.05, 0) is 0 Å². The molecule has 0 unspecified atom stereocenters. The molecule has 0 aromatic heterocycles. The predicted octanol–water partition coefficient (Wildman–Crippen LogP) is 4.00. The molecular weight excluding hydrogens is 256 g/mol. The average Bonchev–Trinajstić information content (AvgIpc) is 2.11.